The molecule has 0 radical (unpaired) electrons. The lowest BCUT2D eigenvalue weighted by Crippen LogP contribution is -2.60. The predicted octanol–water partition coefficient (Wildman–Crippen LogP) is 3.53. The Morgan fingerprint density at radius 1 is 1.29 bits per heavy atom. The van der Waals surface area contributed by atoms with Crippen LogP contribution in [0.4, 0.5) is 0 Å². The molecule has 0 saturated heterocycles. The van der Waals surface area contributed by atoms with Crippen LogP contribution in [0.25, 0.3) is 10.8 Å². The summed E-state index contributed by atoms with van der Waals surface area (Å²) < 4.78 is 5.79. The Morgan fingerprint density at radius 3 is 2.90 bits per heavy atom. The molecule has 1 aromatic heterocycles. The molecular formula is C18H24N2O. The number of pyridine rings is 1. The molecule has 1 fully saturated rings. The summed E-state index contributed by atoms with van der Waals surface area (Å²) >= 11 is 0. The number of nitrogens with one attached hydrogen (secondary N) is 1. The van der Waals surface area contributed by atoms with Gasteiger partial charge in [-0.1, -0.05) is 26.0 Å². The molecular weight excluding hydrogens is 260 g/mol. The highest BCUT2D eigenvalue weighted by Crippen LogP contribution is 2.42. The Hall–Kier alpha value is -1.45. The minimum absolute atomic E-state index is 0.219. The summed E-state index contributed by atoms with van der Waals surface area (Å²) in [6, 6.07) is 9.17. The first-order valence-electron chi connectivity index (χ1n) is 7.79. The van der Waals surface area contributed by atoms with E-state index in [-0.39, 0.29) is 5.41 Å². The Balaban J connectivity index is 1.62. The van der Waals surface area contributed by atoms with Gasteiger partial charge in [-0.05, 0) is 36.4 Å². The summed E-state index contributed by atoms with van der Waals surface area (Å²) in [5.41, 5.74) is 1.54. The molecule has 2 aromatic rings. The molecule has 0 spiro atoms. The Bertz CT molecular complexity index is 623. The first-order chi connectivity index (χ1) is 10.1. The summed E-state index contributed by atoms with van der Waals surface area (Å²) in [6.45, 7) is 8.37. The zero-order chi connectivity index (χ0) is 14.9. The summed E-state index contributed by atoms with van der Waals surface area (Å²) in [4.78, 5) is 4.15. The van der Waals surface area contributed by atoms with Gasteiger partial charge in [0.25, 0.3) is 0 Å². The number of benzene rings is 1. The summed E-state index contributed by atoms with van der Waals surface area (Å²) in [5, 5.41) is 6.13. The van der Waals surface area contributed by atoms with Gasteiger partial charge in [-0.15, -0.1) is 0 Å². The van der Waals surface area contributed by atoms with Gasteiger partial charge in [0.15, 0.2) is 0 Å². The van der Waals surface area contributed by atoms with E-state index in [1.807, 2.05) is 12.4 Å². The summed E-state index contributed by atoms with van der Waals surface area (Å²) in [7, 11) is 0. The van der Waals surface area contributed by atoms with Gasteiger partial charge in [0.05, 0.1) is 6.10 Å². The molecule has 2 unspecified atom stereocenters. The van der Waals surface area contributed by atoms with Crippen LogP contribution in [-0.4, -0.2) is 23.7 Å². The molecule has 1 heterocycles. The van der Waals surface area contributed by atoms with Crippen molar-refractivity contribution >= 4 is 10.8 Å². The van der Waals surface area contributed by atoms with Crippen LogP contribution in [-0.2, 0) is 11.3 Å². The van der Waals surface area contributed by atoms with Crippen LogP contribution in [0.3, 0.4) is 0 Å². The van der Waals surface area contributed by atoms with Gasteiger partial charge in [-0.25, -0.2) is 0 Å². The fourth-order valence-corrected chi connectivity index (χ4v) is 3.20. The predicted molar refractivity (Wildman–Crippen MR) is 86.2 cm³/mol. The first kappa shape index (κ1) is 14.5. The topological polar surface area (TPSA) is 34.1 Å². The first-order valence-corrected chi connectivity index (χ1v) is 7.79. The lowest BCUT2D eigenvalue weighted by molar-refractivity contribution is -0.114. The molecule has 0 bridgehead atoms. The smallest absolute Gasteiger partial charge is 0.0655 e. The van der Waals surface area contributed by atoms with Gasteiger partial charge in [0.1, 0.15) is 0 Å². The largest absolute Gasteiger partial charge is 0.378 e. The molecule has 21 heavy (non-hydrogen) atoms. The highest BCUT2D eigenvalue weighted by atomic mass is 16.5. The Labute approximate surface area is 126 Å². The number of aromatic nitrogens is 1. The molecule has 3 rings (SSSR count). The second-order valence-electron chi connectivity index (χ2n) is 6.49. The fourth-order valence-electron chi connectivity index (χ4n) is 3.20. The number of nitrogens with zero attached hydrogens (tertiary/aromatic N) is 1. The molecule has 112 valence electrons. The summed E-state index contributed by atoms with van der Waals surface area (Å²) in [6.07, 6.45) is 5.26. The number of hydrogen-bond acceptors (Lipinski definition) is 3. The van der Waals surface area contributed by atoms with Crippen molar-refractivity contribution in [3.05, 3.63) is 42.2 Å². The van der Waals surface area contributed by atoms with Crippen molar-refractivity contribution in [2.24, 2.45) is 5.41 Å². The molecule has 1 aliphatic carbocycles. The van der Waals surface area contributed by atoms with Crippen LogP contribution in [0.2, 0.25) is 0 Å². The maximum atomic E-state index is 5.79. The van der Waals surface area contributed by atoms with E-state index in [0.717, 1.165) is 19.6 Å². The number of hydrogen-bond donors (Lipinski definition) is 1. The van der Waals surface area contributed by atoms with Crippen LogP contribution in [0.5, 0.6) is 0 Å². The van der Waals surface area contributed by atoms with E-state index in [9.17, 15) is 0 Å². The van der Waals surface area contributed by atoms with E-state index >= 15 is 0 Å². The van der Waals surface area contributed by atoms with Crippen LogP contribution in [0.15, 0.2) is 36.7 Å². The van der Waals surface area contributed by atoms with E-state index in [0.29, 0.717) is 12.1 Å². The van der Waals surface area contributed by atoms with Gasteiger partial charge < -0.3 is 10.1 Å². The van der Waals surface area contributed by atoms with Gasteiger partial charge >= 0.3 is 0 Å². The lowest BCUT2D eigenvalue weighted by Gasteiger charge is -2.52. The van der Waals surface area contributed by atoms with Crippen LogP contribution in [0, 0.1) is 5.41 Å². The standard InChI is InChI=1S/C18H24N2O/c1-4-21-17-10-16(18(17,2)3)20-11-13-5-6-15-12-19-8-7-14(15)9-13/h5-9,12,16-17,20H,4,10-11H2,1-3H3. The number of rotatable bonds is 5. The van der Waals surface area contributed by atoms with Crippen LogP contribution >= 0.6 is 0 Å². The zero-order valence-corrected chi connectivity index (χ0v) is 13.1. The average Bonchev–Trinajstić information content (AvgIpc) is 2.50. The molecule has 2 atom stereocenters. The third-order valence-electron chi connectivity index (χ3n) is 4.80. The fraction of sp³-hybridized carbons (Fsp3) is 0.500. The molecule has 1 aliphatic rings. The Morgan fingerprint density at radius 2 is 2.14 bits per heavy atom. The van der Waals surface area contributed by atoms with Crippen molar-refractivity contribution in [1.29, 1.82) is 0 Å². The Kier molecular flexibility index (Phi) is 3.96. The number of ether oxygens (including phenoxy) is 1. The van der Waals surface area contributed by atoms with Gasteiger partial charge in [-0.3, -0.25) is 4.98 Å². The van der Waals surface area contributed by atoms with Gasteiger partial charge in [0.2, 0.25) is 0 Å². The minimum Gasteiger partial charge on any atom is -0.378 e. The van der Waals surface area contributed by atoms with E-state index < -0.39 is 0 Å². The number of fused-ring (bicyclic) bond motifs is 1. The molecule has 0 amide bonds. The third kappa shape index (κ3) is 2.81. The average molecular weight is 284 g/mol. The van der Waals surface area contributed by atoms with E-state index in [4.69, 9.17) is 4.74 Å². The van der Waals surface area contributed by atoms with E-state index in [1.165, 1.54) is 16.3 Å². The second kappa shape index (κ2) is 5.74. The monoisotopic (exact) mass is 284 g/mol. The third-order valence-corrected chi connectivity index (χ3v) is 4.80. The minimum atomic E-state index is 0.219. The summed E-state index contributed by atoms with van der Waals surface area (Å²) in [5.74, 6) is 0. The van der Waals surface area contributed by atoms with Crippen molar-refractivity contribution in [3.8, 4) is 0 Å². The lowest BCUT2D eigenvalue weighted by atomic mass is 9.64. The molecule has 1 saturated carbocycles. The molecule has 3 nitrogen and oxygen atoms in total. The zero-order valence-electron chi connectivity index (χ0n) is 13.1. The highest BCUT2D eigenvalue weighted by molar-refractivity contribution is 5.81. The second-order valence-corrected chi connectivity index (χ2v) is 6.49. The van der Waals surface area contributed by atoms with E-state index in [1.54, 1.807) is 0 Å². The highest BCUT2D eigenvalue weighted by Gasteiger charge is 2.48. The SMILES string of the molecule is CCOC1CC(NCc2ccc3cnccc3c2)C1(C)C. The van der Waals surface area contributed by atoms with Crippen LogP contribution < -0.4 is 5.32 Å². The van der Waals surface area contributed by atoms with E-state index in [2.05, 4.69) is 55.3 Å². The van der Waals surface area contributed by atoms with Crippen molar-refractivity contribution in [2.75, 3.05) is 6.61 Å². The van der Waals surface area contributed by atoms with Crippen molar-refractivity contribution in [2.45, 2.75) is 45.9 Å². The maximum Gasteiger partial charge on any atom is 0.0655 e. The molecule has 1 N–H and O–H groups in total. The molecule has 3 heteroatoms. The maximum absolute atomic E-state index is 5.79. The molecule has 0 aliphatic heterocycles. The molecule has 1 aromatic carbocycles. The van der Waals surface area contributed by atoms with Gasteiger partial charge in [0, 0.05) is 42.4 Å². The van der Waals surface area contributed by atoms with Gasteiger partial charge in [-0.2, -0.15) is 0 Å². The van der Waals surface area contributed by atoms with Crippen molar-refractivity contribution < 1.29 is 4.74 Å². The van der Waals surface area contributed by atoms with Crippen molar-refractivity contribution in [1.82, 2.24) is 10.3 Å². The van der Waals surface area contributed by atoms with Crippen molar-refractivity contribution in [3.63, 3.8) is 0 Å². The van der Waals surface area contributed by atoms with Crippen LogP contribution in [0.1, 0.15) is 32.8 Å². The normalized spacial score (nSPS) is 24.0. The quantitative estimate of drug-likeness (QED) is 0.912.